The topological polar surface area (TPSA) is 0 Å². The number of rotatable bonds is 6. The average molecular weight is 464 g/mol. The number of hydrogen-bond donors (Lipinski definition) is 0. The first-order valence-corrected chi connectivity index (χ1v) is 8.85. The molecule has 0 aromatic rings. The van der Waals surface area contributed by atoms with Crippen LogP contribution in [0.5, 0.6) is 0 Å². The van der Waals surface area contributed by atoms with Crippen molar-refractivity contribution in [1.82, 2.24) is 0 Å². The van der Waals surface area contributed by atoms with Crippen LogP contribution in [-0.4, -0.2) is 6.84 Å². The van der Waals surface area contributed by atoms with Crippen LogP contribution in [0.4, 0.5) is 0 Å². The third-order valence-corrected chi connectivity index (χ3v) is 8.46. The maximum atomic E-state index is 2.70. The Hall–Kier alpha value is 1.46. The molecule has 2 heteroatoms. The largest absolute Gasteiger partial charge is 0.0777 e. The van der Waals surface area contributed by atoms with Gasteiger partial charge in [0.1, 0.15) is 0 Å². The van der Waals surface area contributed by atoms with Crippen molar-refractivity contribution in [2.24, 2.45) is 17.3 Å². The van der Waals surface area contributed by atoms with Gasteiger partial charge in [0.2, 0.25) is 0 Å². The summed E-state index contributed by atoms with van der Waals surface area (Å²) in [6.07, 6.45) is 2.57. The summed E-state index contributed by atoms with van der Waals surface area (Å²) in [6.45, 7) is 19.0. The molecule has 0 saturated carbocycles. The van der Waals surface area contributed by atoms with Gasteiger partial charge in [-0.1, -0.05) is 86.7 Å². The van der Waals surface area contributed by atoms with Crippen molar-refractivity contribution in [3.8, 4) is 0 Å². The molecule has 17 heavy (non-hydrogen) atoms. The fourth-order valence-corrected chi connectivity index (χ4v) is 4.50. The van der Waals surface area contributed by atoms with Gasteiger partial charge in [-0.05, 0) is 43.9 Å². The van der Waals surface area contributed by atoms with Crippen LogP contribution < -0.4 is 0 Å². The van der Waals surface area contributed by atoms with Gasteiger partial charge in [-0.25, -0.2) is 0 Å². The molecular formula is C15H30I2. The highest BCUT2D eigenvalue weighted by Gasteiger charge is 2.44. The zero-order valence-corrected chi connectivity index (χ0v) is 17.1. The van der Waals surface area contributed by atoms with Gasteiger partial charge in [-0.2, -0.15) is 0 Å². The molecule has 0 bridgehead atoms. The lowest BCUT2D eigenvalue weighted by molar-refractivity contribution is 0.195. The lowest BCUT2D eigenvalue weighted by Gasteiger charge is -2.45. The van der Waals surface area contributed by atoms with Crippen molar-refractivity contribution in [2.45, 2.75) is 75.1 Å². The molecule has 0 N–H and O–H groups in total. The molecule has 104 valence electrons. The highest BCUT2D eigenvalue weighted by molar-refractivity contribution is 14.1. The molecule has 0 fully saturated rings. The van der Waals surface area contributed by atoms with E-state index < -0.39 is 0 Å². The van der Waals surface area contributed by atoms with E-state index in [2.05, 4.69) is 101 Å². The first-order valence-electron chi connectivity index (χ1n) is 6.69. The van der Waals surface area contributed by atoms with Gasteiger partial charge in [-0.15, -0.1) is 0 Å². The van der Waals surface area contributed by atoms with Crippen LogP contribution in [-0.2, 0) is 0 Å². The molecule has 0 rings (SSSR count). The summed E-state index contributed by atoms with van der Waals surface area (Å²) in [5, 5.41) is 0. The summed E-state index contributed by atoms with van der Waals surface area (Å²) in [5.41, 5.74) is 0.416. The van der Waals surface area contributed by atoms with Gasteiger partial charge < -0.3 is 0 Å². The second kappa shape index (κ2) is 6.27. The molecule has 0 aliphatic heterocycles. The van der Waals surface area contributed by atoms with Crippen LogP contribution in [0.15, 0.2) is 0 Å². The van der Waals surface area contributed by atoms with Gasteiger partial charge in [0.15, 0.2) is 0 Å². The van der Waals surface area contributed by atoms with Crippen molar-refractivity contribution in [3.63, 3.8) is 0 Å². The molecule has 0 aliphatic rings. The minimum absolute atomic E-state index is 0.351. The molecular weight excluding hydrogens is 434 g/mol. The van der Waals surface area contributed by atoms with E-state index in [0.717, 1.165) is 11.8 Å². The molecule has 2 atom stereocenters. The van der Waals surface area contributed by atoms with Crippen LogP contribution in [0, 0.1) is 17.3 Å². The summed E-state index contributed by atoms with van der Waals surface area (Å²) >= 11 is 5.39. The third-order valence-electron chi connectivity index (χ3n) is 4.23. The van der Waals surface area contributed by atoms with E-state index in [1.54, 1.807) is 0 Å². The van der Waals surface area contributed by atoms with Gasteiger partial charge in [0.05, 0.1) is 0 Å². The van der Waals surface area contributed by atoms with Crippen molar-refractivity contribution < 1.29 is 0 Å². The van der Waals surface area contributed by atoms with Gasteiger partial charge in [0, 0.05) is 6.84 Å². The Kier molecular flexibility index (Phi) is 6.81. The summed E-state index contributed by atoms with van der Waals surface area (Å²) in [7, 11) is 0. The monoisotopic (exact) mass is 464 g/mol. The Morgan fingerprint density at radius 2 is 1.24 bits per heavy atom. The molecule has 1 unspecified atom stereocenters. The minimum atomic E-state index is 0.351. The van der Waals surface area contributed by atoms with Gasteiger partial charge in [-0.3, -0.25) is 0 Å². The molecule has 0 aliphatic carbocycles. The third kappa shape index (κ3) is 5.53. The Morgan fingerprint density at radius 3 is 1.53 bits per heavy atom. The Labute approximate surface area is 136 Å². The van der Waals surface area contributed by atoms with E-state index in [9.17, 15) is 0 Å². The van der Waals surface area contributed by atoms with Crippen LogP contribution in [0.25, 0.3) is 0 Å². The summed E-state index contributed by atoms with van der Waals surface area (Å²) in [6, 6.07) is 0. The predicted molar refractivity (Wildman–Crippen MR) is 97.5 cm³/mol. The number of hydrogen-bond acceptors (Lipinski definition) is 0. The van der Waals surface area contributed by atoms with Crippen LogP contribution in [0.3, 0.4) is 0 Å². The molecule has 0 radical (unpaired) electrons. The lowest BCUT2D eigenvalue weighted by Crippen LogP contribution is -2.44. The maximum absolute atomic E-state index is 2.70. The van der Waals surface area contributed by atoms with Crippen LogP contribution in [0.2, 0.25) is 0 Å². The molecule has 0 aromatic carbocycles. The summed E-state index contributed by atoms with van der Waals surface area (Å²) in [5.74, 6) is 1.51. The fraction of sp³-hybridized carbons (Fsp3) is 1.00. The first-order chi connectivity index (χ1) is 7.32. The van der Waals surface area contributed by atoms with E-state index in [4.69, 9.17) is 0 Å². The number of alkyl halides is 2. The fourth-order valence-electron chi connectivity index (χ4n) is 2.22. The second-order valence-electron chi connectivity index (χ2n) is 7.31. The molecule has 0 saturated heterocycles. The van der Waals surface area contributed by atoms with Crippen molar-refractivity contribution in [1.29, 1.82) is 0 Å². The van der Waals surface area contributed by atoms with Crippen molar-refractivity contribution >= 4 is 45.2 Å². The van der Waals surface area contributed by atoms with Crippen molar-refractivity contribution in [2.75, 3.05) is 0 Å². The van der Waals surface area contributed by atoms with Crippen molar-refractivity contribution in [3.05, 3.63) is 0 Å². The van der Waals surface area contributed by atoms with E-state index in [1.165, 1.54) is 12.8 Å². The molecule has 0 nitrogen and oxygen atoms in total. The van der Waals surface area contributed by atoms with E-state index in [-0.39, 0.29) is 0 Å². The Balaban J connectivity index is 4.89. The molecule has 0 aromatic heterocycles. The van der Waals surface area contributed by atoms with Gasteiger partial charge >= 0.3 is 0 Å². The SMILES string of the molecule is CC(C)C[C@](C)(I)C(C)(I)CC(C)(C)C(C)C. The Morgan fingerprint density at radius 1 is 0.824 bits per heavy atom. The zero-order chi connectivity index (χ0) is 14.1. The molecule has 0 heterocycles. The summed E-state index contributed by atoms with van der Waals surface area (Å²) in [4.78, 5) is 0. The lowest BCUT2D eigenvalue weighted by atomic mass is 9.71. The van der Waals surface area contributed by atoms with Crippen LogP contribution in [0.1, 0.15) is 68.2 Å². The van der Waals surface area contributed by atoms with E-state index in [0.29, 0.717) is 12.3 Å². The van der Waals surface area contributed by atoms with E-state index >= 15 is 0 Å². The molecule has 0 spiro atoms. The standard InChI is InChI=1S/C15H30I2/c1-11(2)9-14(7,16)15(8,17)10-13(5,6)12(3)4/h11-12H,9-10H2,1-8H3/t14-,15?/m0/s1. The smallest absolute Gasteiger partial charge is 0.0342 e. The quantitative estimate of drug-likeness (QED) is 0.312. The highest BCUT2D eigenvalue weighted by atomic mass is 127. The molecule has 0 amide bonds. The zero-order valence-electron chi connectivity index (χ0n) is 12.8. The minimum Gasteiger partial charge on any atom is -0.0777 e. The second-order valence-corrected chi connectivity index (χ2v) is 12.1. The van der Waals surface area contributed by atoms with Gasteiger partial charge in [0.25, 0.3) is 0 Å². The number of halogens is 2. The average Bonchev–Trinajstić information content (AvgIpc) is 1.97. The van der Waals surface area contributed by atoms with E-state index in [1.807, 2.05) is 0 Å². The first kappa shape index (κ1) is 18.5. The maximum Gasteiger partial charge on any atom is 0.0342 e. The normalized spacial score (nSPS) is 20.5. The summed E-state index contributed by atoms with van der Waals surface area (Å²) < 4.78 is 0.717. The highest BCUT2D eigenvalue weighted by Crippen LogP contribution is 2.50. The predicted octanol–water partition coefficient (Wildman–Crippen LogP) is 6.49. The van der Waals surface area contributed by atoms with Crippen LogP contribution >= 0.6 is 45.2 Å². The Bertz CT molecular complexity index is 237.